The number of fused-ring (bicyclic) bond motifs is 1. The molecule has 2 aromatic rings. The maximum Gasteiger partial charge on any atom is 0.293 e. The van der Waals surface area contributed by atoms with Gasteiger partial charge in [0.1, 0.15) is 5.69 Å². The van der Waals surface area contributed by atoms with E-state index < -0.39 is 4.92 Å². The van der Waals surface area contributed by atoms with Crippen molar-refractivity contribution < 1.29 is 9.66 Å². The number of hydrogen-bond acceptors (Lipinski definition) is 7. The average Bonchev–Trinajstić information content (AvgIpc) is 2.65. The van der Waals surface area contributed by atoms with Gasteiger partial charge in [0.05, 0.1) is 35.4 Å². The van der Waals surface area contributed by atoms with Crippen molar-refractivity contribution in [2.24, 2.45) is 5.92 Å². The van der Waals surface area contributed by atoms with Crippen LogP contribution in [-0.4, -0.2) is 58.7 Å². The first-order chi connectivity index (χ1) is 13.0. The van der Waals surface area contributed by atoms with E-state index in [0.29, 0.717) is 36.9 Å². The molecule has 1 atom stereocenters. The number of ether oxygens (including phenoxy) is 1. The van der Waals surface area contributed by atoms with Gasteiger partial charge in [0, 0.05) is 31.7 Å². The number of morpholine rings is 1. The Balaban J connectivity index is 1.86. The molecule has 9 nitrogen and oxygen atoms in total. The highest BCUT2D eigenvalue weighted by atomic mass is 16.6. The SMILES string of the molecule is CC(C)CC(CNc1cc2nc[nH]c(=O)c2cc1[N+](=O)[O-])N1CCOCC1. The van der Waals surface area contributed by atoms with Crippen molar-refractivity contribution >= 4 is 22.3 Å². The van der Waals surface area contributed by atoms with Gasteiger partial charge in [-0.05, 0) is 18.4 Å². The molecule has 1 fully saturated rings. The van der Waals surface area contributed by atoms with Gasteiger partial charge < -0.3 is 15.0 Å². The van der Waals surface area contributed by atoms with Gasteiger partial charge in [-0.25, -0.2) is 4.98 Å². The third kappa shape index (κ3) is 4.61. The minimum Gasteiger partial charge on any atom is -0.379 e. The maximum absolute atomic E-state index is 11.9. The number of hydrogen-bond donors (Lipinski definition) is 2. The number of aromatic amines is 1. The van der Waals surface area contributed by atoms with Gasteiger partial charge >= 0.3 is 0 Å². The van der Waals surface area contributed by atoms with Crippen LogP contribution in [0.1, 0.15) is 20.3 Å². The Morgan fingerprint density at radius 3 is 2.78 bits per heavy atom. The molecule has 3 rings (SSSR count). The fraction of sp³-hybridized carbons (Fsp3) is 0.556. The van der Waals surface area contributed by atoms with E-state index in [2.05, 4.69) is 34.0 Å². The third-order valence-corrected chi connectivity index (χ3v) is 4.79. The molecule has 0 aliphatic carbocycles. The van der Waals surface area contributed by atoms with Crippen molar-refractivity contribution in [3.05, 3.63) is 38.9 Å². The Morgan fingerprint density at radius 1 is 1.37 bits per heavy atom. The Morgan fingerprint density at radius 2 is 2.11 bits per heavy atom. The molecule has 0 bridgehead atoms. The predicted octanol–water partition coefficient (Wildman–Crippen LogP) is 1.99. The number of nitrogens with zero attached hydrogens (tertiary/aromatic N) is 3. The second kappa shape index (κ2) is 8.45. The summed E-state index contributed by atoms with van der Waals surface area (Å²) in [5, 5.41) is 14.9. The lowest BCUT2D eigenvalue weighted by molar-refractivity contribution is -0.383. The predicted molar refractivity (Wildman–Crippen MR) is 103 cm³/mol. The number of rotatable bonds is 7. The summed E-state index contributed by atoms with van der Waals surface area (Å²) in [5.41, 5.74) is 0.304. The number of nitro benzene ring substituents is 1. The van der Waals surface area contributed by atoms with Crippen LogP contribution in [0, 0.1) is 16.0 Å². The summed E-state index contributed by atoms with van der Waals surface area (Å²) in [5.74, 6) is 0.506. The molecule has 2 heterocycles. The lowest BCUT2D eigenvalue weighted by Crippen LogP contribution is -2.47. The van der Waals surface area contributed by atoms with E-state index >= 15 is 0 Å². The van der Waals surface area contributed by atoms with Crippen LogP contribution in [0.2, 0.25) is 0 Å². The van der Waals surface area contributed by atoms with Crippen LogP contribution in [0.15, 0.2) is 23.3 Å². The molecular weight excluding hydrogens is 350 g/mol. The summed E-state index contributed by atoms with van der Waals surface area (Å²) in [6, 6.07) is 3.11. The van der Waals surface area contributed by atoms with Gasteiger partial charge in [-0.3, -0.25) is 19.8 Å². The third-order valence-electron chi connectivity index (χ3n) is 4.79. The van der Waals surface area contributed by atoms with Crippen molar-refractivity contribution in [1.82, 2.24) is 14.9 Å². The average molecular weight is 375 g/mol. The Kier molecular flexibility index (Phi) is 6.02. The van der Waals surface area contributed by atoms with Crippen molar-refractivity contribution in [1.29, 1.82) is 0 Å². The van der Waals surface area contributed by atoms with Crippen LogP contribution in [0.3, 0.4) is 0 Å². The molecule has 1 aliphatic heterocycles. The molecular formula is C18H25N5O4. The van der Waals surface area contributed by atoms with E-state index in [1.807, 2.05) is 0 Å². The number of anilines is 1. The number of aromatic nitrogens is 2. The van der Waals surface area contributed by atoms with Gasteiger partial charge in [0.2, 0.25) is 0 Å². The van der Waals surface area contributed by atoms with Gasteiger partial charge in [0.15, 0.2) is 0 Å². The summed E-state index contributed by atoms with van der Waals surface area (Å²) in [6.07, 6.45) is 2.28. The first-order valence-corrected chi connectivity index (χ1v) is 9.17. The zero-order valence-corrected chi connectivity index (χ0v) is 15.6. The van der Waals surface area contributed by atoms with Crippen molar-refractivity contribution in [2.45, 2.75) is 26.3 Å². The summed E-state index contributed by atoms with van der Waals surface area (Å²) >= 11 is 0. The van der Waals surface area contributed by atoms with Crippen LogP contribution in [-0.2, 0) is 4.74 Å². The van der Waals surface area contributed by atoms with Gasteiger partial charge in [-0.15, -0.1) is 0 Å². The van der Waals surface area contributed by atoms with Gasteiger partial charge in [-0.2, -0.15) is 0 Å². The number of nitrogens with one attached hydrogen (secondary N) is 2. The molecule has 146 valence electrons. The van der Waals surface area contributed by atoms with E-state index in [9.17, 15) is 14.9 Å². The molecule has 9 heteroatoms. The second-order valence-electron chi connectivity index (χ2n) is 7.19. The number of H-pyrrole nitrogens is 1. The van der Waals surface area contributed by atoms with Crippen LogP contribution in [0.5, 0.6) is 0 Å². The number of nitro groups is 1. The topological polar surface area (TPSA) is 113 Å². The van der Waals surface area contributed by atoms with Crippen molar-refractivity contribution in [3.63, 3.8) is 0 Å². The van der Waals surface area contributed by atoms with Gasteiger partial charge in [-0.1, -0.05) is 13.8 Å². The molecule has 0 spiro atoms. The van der Waals surface area contributed by atoms with Crippen LogP contribution < -0.4 is 10.9 Å². The van der Waals surface area contributed by atoms with E-state index in [0.717, 1.165) is 19.5 Å². The largest absolute Gasteiger partial charge is 0.379 e. The summed E-state index contributed by atoms with van der Waals surface area (Å²) in [7, 11) is 0. The molecule has 0 saturated carbocycles. The summed E-state index contributed by atoms with van der Waals surface area (Å²) in [4.78, 5) is 31.9. The zero-order chi connectivity index (χ0) is 19.4. The van der Waals surface area contributed by atoms with E-state index in [1.54, 1.807) is 6.07 Å². The molecule has 1 saturated heterocycles. The van der Waals surface area contributed by atoms with Crippen LogP contribution in [0.4, 0.5) is 11.4 Å². The lowest BCUT2D eigenvalue weighted by atomic mass is 10.0. The maximum atomic E-state index is 11.9. The molecule has 0 amide bonds. The lowest BCUT2D eigenvalue weighted by Gasteiger charge is -2.35. The Bertz CT molecular complexity index is 860. The molecule has 27 heavy (non-hydrogen) atoms. The number of benzene rings is 1. The second-order valence-corrected chi connectivity index (χ2v) is 7.19. The molecule has 1 aromatic heterocycles. The molecule has 0 radical (unpaired) electrons. The van der Waals surface area contributed by atoms with E-state index in [4.69, 9.17) is 4.74 Å². The van der Waals surface area contributed by atoms with E-state index in [1.165, 1.54) is 12.4 Å². The van der Waals surface area contributed by atoms with E-state index in [-0.39, 0.29) is 22.7 Å². The molecule has 1 unspecified atom stereocenters. The fourth-order valence-electron chi connectivity index (χ4n) is 3.47. The highest BCUT2D eigenvalue weighted by Gasteiger charge is 2.24. The first kappa shape index (κ1) is 19.2. The molecule has 1 aliphatic rings. The Labute approximate surface area is 156 Å². The standard InChI is InChI=1S/C18H25N5O4/c1-12(2)7-13(22-3-5-27-6-4-22)10-19-16-9-15-14(8-17(16)23(25)26)18(24)21-11-20-15/h8-9,11-13,19H,3-7,10H2,1-2H3,(H,20,21,24). The van der Waals surface area contributed by atoms with Gasteiger partial charge in [0.25, 0.3) is 11.2 Å². The molecule has 1 aromatic carbocycles. The van der Waals surface area contributed by atoms with Crippen molar-refractivity contribution in [2.75, 3.05) is 38.2 Å². The normalized spacial score (nSPS) is 16.6. The minimum absolute atomic E-state index is 0.119. The highest BCUT2D eigenvalue weighted by molar-refractivity contribution is 5.86. The van der Waals surface area contributed by atoms with Crippen LogP contribution in [0.25, 0.3) is 10.9 Å². The minimum atomic E-state index is -0.472. The first-order valence-electron chi connectivity index (χ1n) is 9.17. The zero-order valence-electron chi connectivity index (χ0n) is 15.6. The summed E-state index contributed by atoms with van der Waals surface area (Å²) in [6.45, 7) is 8.04. The highest BCUT2D eigenvalue weighted by Crippen LogP contribution is 2.28. The summed E-state index contributed by atoms with van der Waals surface area (Å²) < 4.78 is 5.44. The fourth-order valence-corrected chi connectivity index (χ4v) is 3.47. The molecule has 2 N–H and O–H groups in total. The van der Waals surface area contributed by atoms with Crippen LogP contribution >= 0.6 is 0 Å². The van der Waals surface area contributed by atoms with Crippen molar-refractivity contribution in [3.8, 4) is 0 Å². The quantitative estimate of drug-likeness (QED) is 0.562. The Hall–Kier alpha value is -2.52. The smallest absolute Gasteiger partial charge is 0.293 e. The monoisotopic (exact) mass is 375 g/mol.